The van der Waals surface area contributed by atoms with E-state index in [0.717, 1.165) is 0 Å². The predicted octanol–water partition coefficient (Wildman–Crippen LogP) is -0.0416. The second-order valence-electron chi connectivity index (χ2n) is 3.45. The maximum atomic E-state index is 10.6. The van der Waals surface area contributed by atoms with Gasteiger partial charge in [-0.1, -0.05) is 0 Å². The molecule has 72 valence electrons. The second kappa shape index (κ2) is 2.51. The molecule has 2 amide bonds. The molecule has 0 bridgehead atoms. The van der Waals surface area contributed by atoms with E-state index in [9.17, 15) is 9.59 Å². The lowest BCUT2D eigenvalue weighted by Gasteiger charge is -2.40. The summed E-state index contributed by atoms with van der Waals surface area (Å²) in [7, 11) is 0. The number of carbonyl (C=O) groups is 2. The van der Waals surface area contributed by atoms with E-state index in [-0.39, 0.29) is 12.0 Å². The highest BCUT2D eigenvalue weighted by molar-refractivity contribution is 5.69. The molecule has 0 unspecified atom stereocenters. The van der Waals surface area contributed by atoms with E-state index in [1.54, 1.807) is 0 Å². The van der Waals surface area contributed by atoms with Crippen LogP contribution in [0.4, 0.5) is 9.59 Å². The van der Waals surface area contributed by atoms with Crippen LogP contribution in [0.25, 0.3) is 0 Å². The molecule has 2 saturated heterocycles. The molecule has 2 N–H and O–H groups in total. The second-order valence-corrected chi connectivity index (χ2v) is 3.45. The van der Waals surface area contributed by atoms with Crippen molar-refractivity contribution in [3.05, 3.63) is 0 Å². The molecule has 0 aliphatic carbocycles. The van der Waals surface area contributed by atoms with Crippen molar-refractivity contribution in [2.45, 2.75) is 6.04 Å². The zero-order chi connectivity index (χ0) is 9.59. The van der Waals surface area contributed by atoms with Gasteiger partial charge in [0.25, 0.3) is 0 Å². The third-order valence-corrected chi connectivity index (χ3v) is 2.75. The van der Waals surface area contributed by atoms with Crippen molar-refractivity contribution in [1.82, 2.24) is 9.80 Å². The van der Waals surface area contributed by atoms with Crippen LogP contribution in [-0.2, 0) is 0 Å². The summed E-state index contributed by atoms with van der Waals surface area (Å²) in [4.78, 5) is 23.7. The zero-order valence-electron chi connectivity index (χ0n) is 6.88. The lowest BCUT2D eigenvalue weighted by molar-refractivity contribution is 0.0505. The Bertz CT molecular complexity index is 255. The minimum Gasteiger partial charge on any atom is -0.465 e. The number of hydrogen-bond donors (Lipinski definition) is 2. The molecule has 2 heterocycles. The summed E-state index contributed by atoms with van der Waals surface area (Å²) in [6.07, 6.45) is -1.91. The van der Waals surface area contributed by atoms with Gasteiger partial charge < -0.3 is 20.0 Å². The molecule has 2 aliphatic rings. The first-order valence-corrected chi connectivity index (χ1v) is 4.07. The van der Waals surface area contributed by atoms with Gasteiger partial charge >= 0.3 is 12.2 Å². The monoisotopic (exact) mass is 186 g/mol. The topological polar surface area (TPSA) is 81.1 Å². The highest BCUT2D eigenvalue weighted by atomic mass is 16.4. The number of fused-ring (bicyclic) bond motifs is 1. The van der Waals surface area contributed by atoms with Crippen LogP contribution in [0.2, 0.25) is 0 Å². The number of rotatable bonds is 0. The van der Waals surface area contributed by atoms with Gasteiger partial charge in [-0.05, 0) is 0 Å². The van der Waals surface area contributed by atoms with Crippen molar-refractivity contribution in [1.29, 1.82) is 0 Å². The number of hydrogen-bond acceptors (Lipinski definition) is 2. The Balaban J connectivity index is 1.99. The van der Waals surface area contributed by atoms with Gasteiger partial charge in [-0.3, -0.25) is 0 Å². The molecule has 0 aromatic rings. The van der Waals surface area contributed by atoms with E-state index in [1.807, 2.05) is 0 Å². The van der Waals surface area contributed by atoms with Crippen molar-refractivity contribution in [3.63, 3.8) is 0 Å². The lowest BCUT2D eigenvalue weighted by Crippen LogP contribution is -2.57. The van der Waals surface area contributed by atoms with Gasteiger partial charge in [0.2, 0.25) is 0 Å². The first kappa shape index (κ1) is 8.15. The fourth-order valence-corrected chi connectivity index (χ4v) is 2.01. The Hall–Kier alpha value is -1.46. The van der Waals surface area contributed by atoms with Crippen LogP contribution in [0.3, 0.4) is 0 Å². The molecule has 0 saturated carbocycles. The average Bonchev–Trinajstić information content (AvgIpc) is 2.28. The molecular weight excluding hydrogens is 176 g/mol. The third-order valence-electron chi connectivity index (χ3n) is 2.75. The van der Waals surface area contributed by atoms with Crippen molar-refractivity contribution in [2.24, 2.45) is 5.92 Å². The Morgan fingerprint density at radius 1 is 1.08 bits per heavy atom. The van der Waals surface area contributed by atoms with E-state index < -0.39 is 12.2 Å². The number of amides is 2. The molecule has 2 atom stereocenters. The maximum Gasteiger partial charge on any atom is 0.407 e. The van der Waals surface area contributed by atoms with Gasteiger partial charge in [0, 0.05) is 25.6 Å². The molecule has 2 rings (SSSR count). The summed E-state index contributed by atoms with van der Waals surface area (Å²) in [5.41, 5.74) is 0. The van der Waals surface area contributed by atoms with Crippen molar-refractivity contribution in [3.8, 4) is 0 Å². The van der Waals surface area contributed by atoms with E-state index in [1.165, 1.54) is 9.80 Å². The SMILES string of the molecule is O=C(O)N1C[C@@H]2CN(C(=O)O)[C@@H]2C1. The Labute approximate surface area is 74.3 Å². The van der Waals surface area contributed by atoms with E-state index in [4.69, 9.17) is 10.2 Å². The highest BCUT2D eigenvalue weighted by Gasteiger charge is 2.49. The molecule has 2 fully saturated rings. The molecule has 6 heteroatoms. The van der Waals surface area contributed by atoms with Crippen LogP contribution in [-0.4, -0.2) is 57.9 Å². The smallest absolute Gasteiger partial charge is 0.407 e. The normalized spacial score (nSPS) is 31.1. The fraction of sp³-hybridized carbons (Fsp3) is 0.714. The molecule has 0 aromatic carbocycles. The van der Waals surface area contributed by atoms with Crippen molar-refractivity contribution < 1.29 is 19.8 Å². The molecule has 0 aromatic heterocycles. The number of carboxylic acid groups (broad SMARTS) is 2. The van der Waals surface area contributed by atoms with Crippen molar-refractivity contribution >= 4 is 12.2 Å². The first-order chi connectivity index (χ1) is 6.09. The van der Waals surface area contributed by atoms with Crippen molar-refractivity contribution in [2.75, 3.05) is 19.6 Å². The Morgan fingerprint density at radius 3 is 2.31 bits per heavy atom. The maximum absolute atomic E-state index is 10.6. The minimum absolute atomic E-state index is 0.103. The molecule has 6 nitrogen and oxygen atoms in total. The van der Waals surface area contributed by atoms with E-state index in [2.05, 4.69) is 0 Å². The van der Waals surface area contributed by atoms with Crippen LogP contribution in [0, 0.1) is 5.92 Å². The van der Waals surface area contributed by atoms with Crippen LogP contribution in [0.1, 0.15) is 0 Å². The summed E-state index contributed by atoms with van der Waals surface area (Å²) in [6.45, 7) is 1.28. The van der Waals surface area contributed by atoms with Gasteiger partial charge in [0.15, 0.2) is 0 Å². The van der Waals surface area contributed by atoms with Gasteiger partial charge in [-0.2, -0.15) is 0 Å². The van der Waals surface area contributed by atoms with Gasteiger partial charge in [-0.25, -0.2) is 9.59 Å². The standard InChI is InChI=1S/C7H10N2O4/c10-6(11)8-1-4-2-9(7(12)13)5(4)3-8/h4-5H,1-3H2,(H,10,11)(H,12,13)/t4-,5-/m1/s1. The number of likely N-dealkylation sites (tertiary alicyclic amines) is 2. The molecule has 0 radical (unpaired) electrons. The van der Waals surface area contributed by atoms with E-state index >= 15 is 0 Å². The molecule has 2 aliphatic heterocycles. The van der Waals surface area contributed by atoms with Crippen LogP contribution >= 0.6 is 0 Å². The van der Waals surface area contributed by atoms with Crippen LogP contribution in [0.15, 0.2) is 0 Å². The summed E-state index contributed by atoms with van der Waals surface area (Å²) < 4.78 is 0. The summed E-state index contributed by atoms with van der Waals surface area (Å²) in [5.74, 6) is 0.215. The Kier molecular flexibility index (Phi) is 1.58. The molecule has 0 spiro atoms. The summed E-state index contributed by atoms with van der Waals surface area (Å²) >= 11 is 0. The largest absolute Gasteiger partial charge is 0.465 e. The first-order valence-electron chi connectivity index (χ1n) is 4.07. The van der Waals surface area contributed by atoms with Crippen LogP contribution < -0.4 is 0 Å². The quantitative estimate of drug-likeness (QED) is 0.556. The predicted molar refractivity (Wildman–Crippen MR) is 41.6 cm³/mol. The Morgan fingerprint density at radius 2 is 1.77 bits per heavy atom. The lowest BCUT2D eigenvalue weighted by atomic mass is 9.93. The molecule has 13 heavy (non-hydrogen) atoms. The van der Waals surface area contributed by atoms with Gasteiger partial charge in [0.1, 0.15) is 0 Å². The van der Waals surface area contributed by atoms with Crippen LogP contribution in [0.5, 0.6) is 0 Å². The number of nitrogens with zero attached hydrogens (tertiary/aromatic N) is 2. The van der Waals surface area contributed by atoms with E-state index in [0.29, 0.717) is 19.6 Å². The summed E-state index contributed by atoms with van der Waals surface area (Å²) in [6, 6.07) is -0.103. The highest BCUT2D eigenvalue weighted by Crippen LogP contribution is 2.31. The third kappa shape index (κ3) is 1.09. The summed E-state index contributed by atoms with van der Waals surface area (Å²) in [5, 5.41) is 17.3. The van der Waals surface area contributed by atoms with Gasteiger partial charge in [0.05, 0.1) is 6.04 Å². The van der Waals surface area contributed by atoms with Gasteiger partial charge in [-0.15, -0.1) is 0 Å². The minimum atomic E-state index is -0.959. The molecular formula is C7H10N2O4. The fourth-order valence-electron chi connectivity index (χ4n) is 2.01. The average molecular weight is 186 g/mol. The zero-order valence-corrected chi connectivity index (χ0v) is 6.88.